The van der Waals surface area contributed by atoms with Crippen molar-refractivity contribution in [2.45, 2.75) is 12.5 Å². The number of nitrogens with zero attached hydrogens (tertiary/aromatic N) is 1. The SMILES string of the molecule is Nc1ccc(-c2nc(CC(=O)NC(CO)C(=O)O)cs2)cc1. The summed E-state index contributed by atoms with van der Waals surface area (Å²) in [6.07, 6.45) is -0.0464. The number of hydrogen-bond donors (Lipinski definition) is 4. The van der Waals surface area contributed by atoms with Gasteiger partial charge in [0, 0.05) is 16.6 Å². The van der Waals surface area contributed by atoms with Crippen molar-refractivity contribution in [2.75, 3.05) is 12.3 Å². The third-order valence-corrected chi connectivity index (χ3v) is 3.81. The zero-order valence-corrected chi connectivity index (χ0v) is 12.3. The van der Waals surface area contributed by atoms with Gasteiger partial charge in [0.2, 0.25) is 5.91 Å². The standard InChI is InChI=1S/C14H15N3O4S/c15-9-3-1-8(2-4-9)13-16-10(7-22-13)5-12(19)17-11(6-18)14(20)21/h1-4,7,11,18H,5-6,15H2,(H,17,19)(H,20,21). The van der Waals surface area contributed by atoms with Gasteiger partial charge in [-0.15, -0.1) is 11.3 Å². The molecule has 0 aliphatic rings. The highest BCUT2D eigenvalue weighted by atomic mass is 32.1. The number of nitrogens with two attached hydrogens (primary N) is 1. The molecule has 0 spiro atoms. The van der Waals surface area contributed by atoms with Crippen LogP contribution in [-0.2, 0) is 16.0 Å². The Kier molecular flexibility index (Phi) is 5.08. The van der Waals surface area contributed by atoms with Crippen molar-refractivity contribution in [1.82, 2.24) is 10.3 Å². The highest BCUT2D eigenvalue weighted by Crippen LogP contribution is 2.24. The summed E-state index contributed by atoms with van der Waals surface area (Å²) in [5, 5.41) is 22.3. The first-order valence-electron chi connectivity index (χ1n) is 6.43. The van der Waals surface area contributed by atoms with E-state index in [-0.39, 0.29) is 6.42 Å². The fourth-order valence-corrected chi connectivity index (χ4v) is 2.57. The number of carbonyl (C=O) groups is 2. The number of rotatable bonds is 6. The van der Waals surface area contributed by atoms with E-state index in [4.69, 9.17) is 15.9 Å². The first-order chi connectivity index (χ1) is 10.5. The Hall–Kier alpha value is -2.45. The summed E-state index contributed by atoms with van der Waals surface area (Å²) in [4.78, 5) is 26.8. The average molecular weight is 321 g/mol. The van der Waals surface area contributed by atoms with E-state index in [2.05, 4.69) is 10.3 Å². The van der Waals surface area contributed by atoms with Crippen LogP contribution in [-0.4, -0.2) is 39.7 Å². The van der Waals surface area contributed by atoms with E-state index in [1.165, 1.54) is 11.3 Å². The van der Waals surface area contributed by atoms with Crippen molar-refractivity contribution in [1.29, 1.82) is 0 Å². The molecule has 0 fully saturated rings. The number of amides is 1. The highest BCUT2D eigenvalue weighted by molar-refractivity contribution is 7.13. The van der Waals surface area contributed by atoms with Crippen molar-refractivity contribution in [3.8, 4) is 10.6 Å². The molecule has 8 heteroatoms. The first kappa shape index (κ1) is 15.9. The topological polar surface area (TPSA) is 126 Å². The van der Waals surface area contributed by atoms with Gasteiger partial charge in [0.1, 0.15) is 11.0 Å². The van der Waals surface area contributed by atoms with E-state index in [1.54, 1.807) is 17.5 Å². The minimum absolute atomic E-state index is 0.0464. The Morgan fingerprint density at radius 1 is 1.32 bits per heavy atom. The lowest BCUT2D eigenvalue weighted by Crippen LogP contribution is -2.43. The van der Waals surface area contributed by atoms with Crippen LogP contribution in [0.25, 0.3) is 10.6 Å². The second-order valence-electron chi connectivity index (χ2n) is 4.58. The Bertz CT molecular complexity index is 669. The van der Waals surface area contributed by atoms with Crippen LogP contribution >= 0.6 is 11.3 Å². The molecule has 1 aromatic carbocycles. The van der Waals surface area contributed by atoms with E-state index in [9.17, 15) is 9.59 Å². The summed E-state index contributed by atoms with van der Waals surface area (Å²) in [6.45, 7) is -0.658. The second kappa shape index (κ2) is 7.01. The Morgan fingerprint density at radius 2 is 2.00 bits per heavy atom. The molecule has 2 rings (SSSR count). The van der Waals surface area contributed by atoms with Gasteiger partial charge in [0.15, 0.2) is 0 Å². The summed E-state index contributed by atoms with van der Waals surface area (Å²) in [7, 11) is 0. The van der Waals surface area contributed by atoms with Crippen LogP contribution in [0.3, 0.4) is 0 Å². The quantitative estimate of drug-likeness (QED) is 0.574. The Balaban J connectivity index is 2.01. The molecule has 1 atom stereocenters. The normalized spacial score (nSPS) is 11.9. The van der Waals surface area contributed by atoms with Crippen molar-refractivity contribution in [3.05, 3.63) is 35.3 Å². The van der Waals surface area contributed by atoms with Gasteiger partial charge in [0.25, 0.3) is 0 Å². The predicted molar refractivity (Wildman–Crippen MR) is 82.3 cm³/mol. The van der Waals surface area contributed by atoms with Crippen LogP contribution in [0.15, 0.2) is 29.6 Å². The highest BCUT2D eigenvalue weighted by Gasteiger charge is 2.19. The fraction of sp³-hybridized carbons (Fsp3) is 0.214. The summed E-state index contributed by atoms with van der Waals surface area (Å²) < 4.78 is 0. The minimum atomic E-state index is -1.30. The molecule has 1 amide bonds. The number of aliphatic hydroxyl groups excluding tert-OH is 1. The van der Waals surface area contributed by atoms with Gasteiger partial charge in [-0.05, 0) is 24.3 Å². The summed E-state index contributed by atoms with van der Waals surface area (Å²) in [6, 6.07) is 5.90. The lowest BCUT2D eigenvalue weighted by atomic mass is 10.2. The molecule has 0 saturated carbocycles. The number of aliphatic hydroxyl groups is 1. The van der Waals surface area contributed by atoms with Gasteiger partial charge in [-0.1, -0.05) is 0 Å². The molecule has 0 saturated heterocycles. The van der Waals surface area contributed by atoms with E-state index >= 15 is 0 Å². The third-order valence-electron chi connectivity index (χ3n) is 2.87. The largest absolute Gasteiger partial charge is 0.480 e. The maximum atomic E-state index is 11.7. The number of nitrogen functional groups attached to an aromatic ring is 1. The van der Waals surface area contributed by atoms with Crippen LogP contribution in [0.5, 0.6) is 0 Å². The number of carbonyl (C=O) groups excluding carboxylic acids is 1. The predicted octanol–water partition coefficient (Wildman–Crippen LogP) is 0.496. The molecule has 0 radical (unpaired) electrons. The van der Waals surface area contributed by atoms with E-state index in [0.29, 0.717) is 11.4 Å². The zero-order chi connectivity index (χ0) is 16.1. The number of carboxylic acids is 1. The summed E-state index contributed by atoms with van der Waals surface area (Å²) >= 11 is 1.38. The molecule has 1 heterocycles. The molecule has 0 aliphatic carbocycles. The zero-order valence-electron chi connectivity index (χ0n) is 11.5. The van der Waals surface area contributed by atoms with Gasteiger partial charge in [-0.3, -0.25) is 4.79 Å². The average Bonchev–Trinajstić information content (AvgIpc) is 2.93. The lowest BCUT2D eigenvalue weighted by Gasteiger charge is -2.10. The van der Waals surface area contributed by atoms with E-state index in [1.807, 2.05) is 12.1 Å². The van der Waals surface area contributed by atoms with Gasteiger partial charge in [-0.25, -0.2) is 9.78 Å². The molecule has 0 bridgehead atoms. The van der Waals surface area contributed by atoms with Crippen LogP contribution in [0.2, 0.25) is 0 Å². The van der Waals surface area contributed by atoms with Crippen LogP contribution in [0.1, 0.15) is 5.69 Å². The molecular weight excluding hydrogens is 306 g/mol. The second-order valence-corrected chi connectivity index (χ2v) is 5.44. The molecule has 1 aromatic heterocycles. The van der Waals surface area contributed by atoms with Gasteiger partial charge >= 0.3 is 5.97 Å². The Morgan fingerprint density at radius 3 is 2.59 bits per heavy atom. The number of aromatic nitrogens is 1. The monoisotopic (exact) mass is 321 g/mol. The maximum Gasteiger partial charge on any atom is 0.328 e. The van der Waals surface area contributed by atoms with Crippen LogP contribution in [0, 0.1) is 0 Å². The molecule has 0 aliphatic heterocycles. The number of carboxylic acid groups (broad SMARTS) is 1. The fourth-order valence-electron chi connectivity index (χ4n) is 1.74. The van der Waals surface area contributed by atoms with Crippen molar-refractivity contribution in [2.24, 2.45) is 0 Å². The van der Waals surface area contributed by atoms with E-state index in [0.717, 1.165) is 10.6 Å². The summed E-state index contributed by atoms with van der Waals surface area (Å²) in [5.74, 6) is -1.78. The van der Waals surface area contributed by atoms with Crippen molar-refractivity contribution >= 4 is 28.9 Å². The molecule has 7 nitrogen and oxygen atoms in total. The smallest absolute Gasteiger partial charge is 0.328 e. The molecule has 1 unspecified atom stereocenters. The summed E-state index contributed by atoms with van der Waals surface area (Å²) in [5.41, 5.74) is 7.71. The molecule has 22 heavy (non-hydrogen) atoms. The minimum Gasteiger partial charge on any atom is -0.480 e. The number of benzene rings is 1. The van der Waals surface area contributed by atoms with Crippen LogP contribution in [0.4, 0.5) is 5.69 Å². The lowest BCUT2D eigenvalue weighted by molar-refractivity contribution is -0.142. The molecule has 5 N–H and O–H groups in total. The van der Waals surface area contributed by atoms with Crippen LogP contribution < -0.4 is 11.1 Å². The number of anilines is 1. The van der Waals surface area contributed by atoms with Crippen molar-refractivity contribution < 1.29 is 19.8 Å². The molecule has 2 aromatic rings. The third kappa shape index (κ3) is 4.03. The maximum absolute atomic E-state index is 11.7. The number of thiazole rings is 1. The van der Waals surface area contributed by atoms with Gasteiger partial charge < -0.3 is 21.3 Å². The van der Waals surface area contributed by atoms with Crippen molar-refractivity contribution in [3.63, 3.8) is 0 Å². The molecule has 116 valence electrons. The van der Waals surface area contributed by atoms with Gasteiger partial charge in [0.05, 0.1) is 18.7 Å². The van der Waals surface area contributed by atoms with Gasteiger partial charge in [-0.2, -0.15) is 0 Å². The van der Waals surface area contributed by atoms with E-state index < -0.39 is 24.5 Å². The Labute approximate surface area is 130 Å². The first-order valence-corrected chi connectivity index (χ1v) is 7.31. The number of hydrogen-bond acceptors (Lipinski definition) is 6. The number of aliphatic carboxylic acids is 1. The number of nitrogens with one attached hydrogen (secondary N) is 1. The molecular formula is C14H15N3O4S.